The molecule has 8 heteroatoms. The predicted molar refractivity (Wildman–Crippen MR) is 112 cm³/mol. The van der Waals surface area contributed by atoms with Crippen LogP contribution in [0.5, 0.6) is 11.5 Å². The van der Waals surface area contributed by atoms with Crippen LogP contribution in [-0.2, 0) is 11.4 Å². The molecule has 5 nitrogen and oxygen atoms in total. The Morgan fingerprint density at radius 1 is 1.33 bits per heavy atom. The summed E-state index contributed by atoms with van der Waals surface area (Å²) in [6.07, 6.45) is 1.75. The molecule has 2 aromatic rings. The molecule has 0 radical (unpaired) electrons. The largest absolute Gasteiger partial charge is 0.493 e. The summed E-state index contributed by atoms with van der Waals surface area (Å²) < 4.78 is 12.5. The lowest BCUT2D eigenvalue weighted by Crippen LogP contribution is -2.17. The minimum atomic E-state index is -0.207. The molecule has 1 N–H and O–H groups in total. The molecule has 0 atom stereocenters. The summed E-state index contributed by atoms with van der Waals surface area (Å²) in [5, 5.41) is 11.4. The van der Waals surface area contributed by atoms with Gasteiger partial charge in [0.1, 0.15) is 10.9 Å². The first kappa shape index (κ1) is 19.4. The topological polar surface area (TPSA) is 71.3 Å². The van der Waals surface area contributed by atoms with Crippen LogP contribution in [0, 0.1) is 11.3 Å². The lowest BCUT2D eigenvalue weighted by atomic mass is 10.1. The Morgan fingerprint density at radius 3 is 2.67 bits per heavy atom. The van der Waals surface area contributed by atoms with Crippen molar-refractivity contribution in [3.63, 3.8) is 0 Å². The molecule has 27 heavy (non-hydrogen) atoms. The zero-order chi connectivity index (χ0) is 19.4. The highest BCUT2D eigenvalue weighted by Gasteiger charge is 2.22. The average Bonchev–Trinajstić information content (AvgIpc) is 2.97. The first-order valence-electron chi connectivity index (χ1n) is 7.74. The first-order chi connectivity index (χ1) is 13.0. The molecule has 136 valence electrons. The van der Waals surface area contributed by atoms with E-state index in [9.17, 15) is 4.79 Å². The SMILES string of the molecule is COc1cc(/C=C2\SC(=S)NC2=O)cc(Br)c1OCc1ccc(C#N)cc1. The molecule has 0 spiro atoms. The van der Waals surface area contributed by atoms with Crippen molar-refractivity contribution in [2.24, 2.45) is 0 Å². The summed E-state index contributed by atoms with van der Waals surface area (Å²) in [4.78, 5) is 12.4. The molecule has 0 saturated carbocycles. The number of amides is 1. The fourth-order valence-electron chi connectivity index (χ4n) is 2.37. The van der Waals surface area contributed by atoms with Crippen molar-refractivity contribution >= 4 is 56.2 Å². The minimum Gasteiger partial charge on any atom is -0.493 e. The number of hydrogen-bond acceptors (Lipinski definition) is 6. The standard InChI is InChI=1S/C19H13BrN2O3S2/c1-24-15-7-13(8-16-18(23)22-19(26)27-16)6-14(20)17(15)25-10-12-4-2-11(9-21)3-5-12/h2-8H,10H2,1H3,(H,22,23,26)/b16-8-. The van der Waals surface area contributed by atoms with Crippen LogP contribution in [0.4, 0.5) is 0 Å². The number of nitrogens with one attached hydrogen (secondary N) is 1. The summed E-state index contributed by atoms with van der Waals surface area (Å²) in [6.45, 7) is 0.327. The van der Waals surface area contributed by atoms with Crippen molar-refractivity contribution in [3.05, 3.63) is 62.5 Å². The van der Waals surface area contributed by atoms with Crippen LogP contribution in [0.3, 0.4) is 0 Å². The summed E-state index contributed by atoms with van der Waals surface area (Å²) in [6, 6.07) is 12.9. The van der Waals surface area contributed by atoms with E-state index in [1.807, 2.05) is 18.2 Å². The number of hydrogen-bond donors (Lipinski definition) is 1. The highest BCUT2D eigenvalue weighted by molar-refractivity contribution is 9.10. The molecule has 0 aromatic heterocycles. The monoisotopic (exact) mass is 460 g/mol. The number of rotatable bonds is 5. The van der Waals surface area contributed by atoms with Crippen molar-refractivity contribution in [3.8, 4) is 17.6 Å². The van der Waals surface area contributed by atoms with Gasteiger partial charge in [0, 0.05) is 0 Å². The summed E-state index contributed by atoms with van der Waals surface area (Å²) in [5.41, 5.74) is 2.32. The maximum absolute atomic E-state index is 11.8. The highest BCUT2D eigenvalue weighted by atomic mass is 79.9. The van der Waals surface area contributed by atoms with E-state index in [1.54, 1.807) is 31.4 Å². The Balaban J connectivity index is 1.81. The van der Waals surface area contributed by atoms with E-state index in [4.69, 9.17) is 27.0 Å². The van der Waals surface area contributed by atoms with Crippen LogP contribution in [0.15, 0.2) is 45.8 Å². The van der Waals surface area contributed by atoms with E-state index in [0.717, 1.165) is 11.1 Å². The van der Waals surface area contributed by atoms with E-state index in [-0.39, 0.29) is 5.91 Å². The van der Waals surface area contributed by atoms with Gasteiger partial charge >= 0.3 is 0 Å². The van der Waals surface area contributed by atoms with Gasteiger partial charge in [-0.15, -0.1) is 0 Å². The lowest BCUT2D eigenvalue weighted by molar-refractivity contribution is -0.115. The van der Waals surface area contributed by atoms with Gasteiger partial charge in [0.05, 0.1) is 28.1 Å². The van der Waals surface area contributed by atoms with Gasteiger partial charge in [-0.2, -0.15) is 5.26 Å². The summed E-state index contributed by atoms with van der Waals surface area (Å²) in [7, 11) is 1.55. The van der Waals surface area contributed by atoms with Gasteiger partial charge in [0.2, 0.25) is 0 Å². The van der Waals surface area contributed by atoms with Crippen LogP contribution >= 0.6 is 39.9 Å². The van der Waals surface area contributed by atoms with E-state index in [2.05, 4.69) is 27.3 Å². The fourth-order valence-corrected chi connectivity index (χ4v) is 3.99. The molecule has 3 rings (SSSR count). The van der Waals surface area contributed by atoms with E-state index in [1.165, 1.54) is 11.8 Å². The number of halogens is 1. The highest BCUT2D eigenvalue weighted by Crippen LogP contribution is 2.38. The maximum atomic E-state index is 11.8. The Morgan fingerprint density at radius 2 is 2.07 bits per heavy atom. The lowest BCUT2D eigenvalue weighted by Gasteiger charge is -2.14. The van der Waals surface area contributed by atoms with E-state index in [0.29, 0.717) is 37.4 Å². The number of thiocarbonyl (C=S) groups is 1. The molecular weight excluding hydrogens is 448 g/mol. The third-order valence-electron chi connectivity index (χ3n) is 3.66. The summed E-state index contributed by atoms with van der Waals surface area (Å²) in [5.74, 6) is 0.889. The van der Waals surface area contributed by atoms with Crippen LogP contribution in [0.2, 0.25) is 0 Å². The van der Waals surface area contributed by atoms with Gasteiger partial charge in [0.25, 0.3) is 5.91 Å². The Hall–Kier alpha value is -2.34. The Bertz CT molecular complexity index is 982. The number of nitrogens with zero attached hydrogens (tertiary/aromatic N) is 1. The van der Waals surface area contributed by atoms with Crippen molar-refractivity contribution in [2.45, 2.75) is 6.61 Å². The van der Waals surface area contributed by atoms with Crippen LogP contribution in [-0.4, -0.2) is 17.3 Å². The smallest absolute Gasteiger partial charge is 0.263 e. The van der Waals surface area contributed by atoms with Gasteiger partial charge in [-0.3, -0.25) is 4.79 Å². The molecule has 2 aromatic carbocycles. The van der Waals surface area contributed by atoms with Crippen LogP contribution < -0.4 is 14.8 Å². The molecule has 0 bridgehead atoms. The van der Waals surface area contributed by atoms with Gasteiger partial charge in [-0.05, 0) is 57.4 Å². The zero-order valence-electron chi connectivity index (χ0n) is 14.1. The molecule has 0 aliphatic carbocycles. The quantitative estimate of drug-likeness (QED) is 0.526. The van der Waals surface area contributed by atoms with Gasteiger partial charge in [-0.1, -0.05) is 36.1 Å². The van der Waals surface area contributed by atoms with E-state index < -0.39 is 0 Å². The van der Waals surface area contributed by atoms with Crippen molar-refractivity contribution in [1.29, 1.82) is 5.26 Å². The van der Waals surface area contributed by atoms with Gasteiger partial charge in [-0.25, -0.2) is 0 Å². The molecular formula is C19H13BrN2O3S2. The molecule has 1 saturated heterocycles. The number of nitriles is 1. The minimum absolute atomic E-state index is 0.207. The average molecular weight is 461 g/mol. The third-order valence-corrected chi connectivity index (χ3v) is 5.41. The van der Waals surface area contributed by atoms with Crippen LogP contribution in [0.1, 0.15) is 16.7 Å². The number of carbonyl (C=O) groups excluding carboxylic acids is 1. The number of benzene rings is 2. The molecule has 1 amide bonds. The van der Waals surface area contributed by atoms with Crippen molar-refractivity contribution in [1.82, 2.24) is 5.32 Å². The second-order valence-electron chi connectivity index (χ2n) is 5.48. The zero-order valence-corrected chi connectivity index (χ0v) is 17.3. The predicted octanol–water partition coefficient (Wildman–Crippen LogP) is 4.40. The molecule has 0 unspecified atom stereocenters. The van der Waals surface area contributed by atoms with Crippen LogP contribution in [0.25, 0.3) is 6.08 Å². The number of carbonyl (C=O) groups is 1. The second-order valence-corrected chi connectivity index (χ2v) is 8.06. The first-order valence-corrected chi connectivity index (χ1v) is 9.76. The van der Waals surface area contributed by atoms with Crippen molar-refractivity contribution < 1.29 is 14.3 Å². The Labute approximate surface area is 174 Å². The van der Waals surface area contributed by atoms with Gasteiger partial charge in [0.15, 0.2) is 11.5 Å². The van der Waals surface area contributed by atoms with E-state index >= 15 is 0 Å². The molecule has 1 aliphatic rings. The summed E-state index contributed by atoms with van der Waals surface area (Å²) >= 11 is 9.72. The number of thioether (sulfide) groups is 1. The normalized spacial score (nSPS) is 14.8. The molecule has 1 aliphatic heterocycles. The second kappa shape index (κ2) is 8.57. The Kier molecular flexibility index (Phi) is 6.16. The maximum Gasteiger partial charge on any atom is 0.263 e. The number of methoxy groups -OCH3 is 1. The molecule has 1 fully saturated rings. The van der Waals surface area contributed by atoms with Crippen molar-refractivity contribution in [2.75, 3.05) is 7.11 Å². The number of ether oxygens (including phenoxy) is 2. The third kappa shape index (κ3) is 4.69. The van der Waals surface area contributed by atoms with Gasteiger partial charge < -0.3 is 14.8 Å². The fraction of sp³-hybridized carbons (Fsp3) is 0.105. The molecule has 1 heterocycles.